The molecule has 0 radical (unpaired) electrons. The van der Waals surface area contributed by atoms with Crippen LogP contribution in [-0.4, -0.2) is 33.5 Å². The third-order valence-electron chi connectivity index (χ3n) is 6.48. The number of primary amides is 1. The number of hydrogen-bond acceptors (Lipinski definition) is 4. The minimum Gasteiger partial charge on any atom is -0.385 e. The molecule has 6 nitrogen and oxygen atoms in total. The lowest BCUT2D eigenvalue weighted by Gasteiger charge is -2.39. The van der Waals surface area contributed by atoms with Crippen molar-refractivity contribution in [3.05, 3.63) is 101 Å². The molecular weight excluding hydrogens is 419 g/mol. The van der Waals surface area contributed by atoms with E-state index in [1.54, 1.807) is 22.7 Å². The van der Waals surface area contributed by atoms with Crippen molar-refractivity contribution < 1.29 is 14.3 Å². The second-order valence-electron chi connectivity index (χ2n) is 8.57. The zero-order chi connectivity index (χ0) is 23.0. The molecule has 33 heavy (non-hydrogen) atoms. The smallest absolute Gasteiger partial charge is 0.267 e. The number of aromatic nitrogens is 2. The number of imidazole rings is 1. The summed E-state index contributed by atoms with van der Waals surface area (Å²) >= 11 is 0. The number of rotatable bonds is 5. The van der Waals surface area contributed by atoms with Crippen LogP contribution in [-0.2, 0) is 12.0 Å². The number of nitrogens with two attached hydrogens (primary N) is 1. The Kier molecular flexibility index (Phi) is 5.34. The molecule has 0 saturated carbocycles. The molecule has 2 aromatic carbocycles. The maximum Gasteiger partial charge on any atom is 0.267 e. The van der Waals surface area contributed by atoms with Crippen LogP contribution in [0.15, 0.2) is 72.9 Å². The number of piperidine rings is 1. The van der Waals surface area contributed by atoms with E-state index in [1.165, 1.54) is 12.1 Å². The van der Waals surface area contributed by atoms with Crippen LogP contribution in [0.1, 0.15) is 40.2 Å². The van der Waals surface area contributed by atoms with Crippen molar-refractivity contribution in [2.24, 2.45) is 5.73 Å². The topological polar surface area (TPSA) is 83.9 Å². The Balaban J connectivity index is 1.29. The molecule has 0 spiro atoms. The van der Waals surface area contributed by atoms with Crippen molar-refractivity contribution in [3.63, 3.8) is 0 Å². The van der Waals surface area contributed by atoms with E-state index in [0.717, 1.165) is 16.8 Å². The van der Waals surface area contributed by atoms with E-state index in [0.29, 0.717) is 49.4 Å². The number of halogens is 1. The van der Waals surface area contributed by atoms with Gasteiger partial charge < -0.3 is 15.7 Å². The summed E-state index contributed by atoms with van der Waals surface area (Å²) in [5, 5.41) is 11.0. The molecule has 5 rings (SSSR count). The summed E-state index contributed by atoms with van der Waals surface area (Å²) in [5.41, 5.74) is 9.32. The van der Waals surface area contributed by atoms with Crippen LogP contribution in [0.25, 0.3) is 5.65 Å². The highest BCUT2D eigenvalue weighted by molar-refractivity contribution is 5.93. The average molecular weight is 445 g/mol. The average Bonchev–Trinajstić information content (AvgIpc) is 3.18. The zero-order valence-corrected chi connectivity index (χ0v) is 18.1. The zero-order valence-electron chi connectivity index (χ0n) is 18.1. The number of aliphatic hydroxyl groups is 1. The number of benzene rings is 2. The second-order valence-corrected chi connectivity index (χ2v) is 8.57. The molecule has 1 aliphatic rings. The fraction of sp³-hybridized carbons (Fsp3) is 0.231. The van der Waals surface area contributed by atoms with Crippen LogP contribution in [0.5, 0.6) is 0 Å². The molecule has 1 aliphatic heterocycles. The van der Waals surface area contributed by atoms with E-state index in [-0.39, 0.29) is 5.82 Å². The first-order chi connectivity index (χ1) is 15.9. The van der Waals surface area contributed by atoms with Gasteiger partial charge in [-0.3, -0.25) is 9.20 Å². The van der Waals surface area contributed by atoms with Gasteiger partial charge in [0.25, 0.3) is 5.91 Å². The summed E-state index contributed by atoms with van der Waals surface area (Å²) < 4.78 is 15.0. The molecule has 0 aliphatic carbocycles. The van der Waals surface area contributed by atoms with Crippen molar-refractivity contribution in [1.29, 1.82) is 0 Å². The number of fused-ring (bicyclic) bond motifs is 1. The first kappa shape index (κ1) is 21.2. The van der Waals surface area contributed by atoms with Gasteiger partial charge in [-0.15, -0.1) is 0 Å². The number of amides is 1. The van der Waals surface area contributed by atoms with Gasteiger partial charge in [0.15, 0.2) is 0 Å². The lowest BCUT2D eigenvalue weighted by molar-refractivity contribution is 0.0117. The molecule has 0 unspecified atom stereocenters. The fourth-order valence-corrected chi connectivity index (χ4v) is 4.63. The van der Waals surface area contributed by atoms with Crippen LogP contribution in [0.3, 0.4) is 0 Å². The summed E-state index contributed by atoms with van der Waals surface area (Å²) in [4.78, 5) is 18.9. The third-order valence-corrected chi connectivity index (χ3v) is 6.48. The highest BCUT2D eigenvalue weighted by Crippen LogP contribution is 2.34. The summed E-state index contributed by atoms with van der Waals surface area (Å²) in [5.74, 6) is -0.797. The van der Waals surface area contributed by atoms with Gasteiger partial charge in [0.05, 0.1) is 11.3 Å². The summed E-state index contributed by atoms with van der Waals surface area (Å²) in [6, 6.07) is 19.9. The number of hydrogen-bond donors (Lipinski definition) is 2. The van der Waals surface area contributed by atoms with Crippen molar-refractivity contribution in [2.75, 3.05) is 18.0 Å². The molecule has 0 bridgehead atoms. The van der Waals surface area contributed by atoms with Crippen LogP contribution in [0.2, 0.25) is 0 Å². The lowest BCUT2D eigenvalue weighted by Crippen LogP contribution is -2.42. The second kappa shape index (κ2) is 8.33. The normalized spacial score (nSPS) is 15.6. The van der Waals surface area contributed by atoms with E-state index in [9.17, 15) is 14.3 Å². The van der Waals surface area contributed by atoms with Gasteiger partial charge in [-0.05, 0) is 60.4 Å². The predicted octanol–water partition coefficient (Wildman–Crippen LogP) is 3.65. The van der Waals surface area contributed by atoms with Gasteiger partial charge >= 0.3 is 0 Å². The fourth-order valence-electron chi connectivity index (χ4n) is 4.63. The third kappa shape index (κ3) is 4.07. The molecule has 1 saturated heterocycles. The highest BCUT2D eigenvalue weighted by atomic mass is 19.1. The number of anilines is 1. The summed E-state index contributed by atoms with van der Waals surface area (Å²) in [6.45, 7) is 1.40. The molecule has 3 N–H and O–H groups in total. The standard InChI is InChI=1S/C26H25FN4O2/c27-20-8-6-19(7-9-20)26(33)12-15-30(16-13-26)21-10-4-18(5-11-21)17-22-24(25(28)32)31-14-2-1-3-23(31)29-22/h1-11,14,33H,12-13,15-17H2,(H2,28,32). The van der Waals surface area contributed by atoms with Gasteiger partial charge in [-0.25, -0.2) is 9.37 Å². The first-order valence-corrected chi connectivity index (χ1v) is 11.0. The molecule has 4 aromatic rings. The largest absolute Gasteiger partial charge is 0.385 e. The van der Waals surface area contributed by atoms with Crippen molar-refractivity contribution >= 4 is 17.2 Å². The van der Waals surface area contributed by atoms with E-state index < -0.39 is 11.5 Å². The van der Waals surface area contributed by atoms with Gasteiger partial charge in [-0.1, -0.05) is 30.3 Å². The van der Waals surface area contributed by atoms with Gasteiger partial charge in [0.2, 0.25) is 0 Å². The quantitative estimate of drug-likeness (QED) is 0.492. The monoisotopic (exact) mass is 444 g/mol. The Morgan fingerprint density at radius 1 is 1.03 bits per heavy atom. The maximum absolute atomic E-state index is 13.2. The van der Waals surface area contributed by atoms with E-state index in [2.05, 4.69) is 22.0 Å². The van der Waals surface area contributed by atoms with Crippen molar-refractivity contribution in [1.82, 2.24) is 9.38 Å². The van der Waals surface area contributed by atoms with Gasteiger partial charge in [-0.2, -0.15) is 0 Å². The molecule has 168 valence electrons. The van der Waals surface area contributed by atoms with Crippen molar-refractivity contribution in [2.45, 2.75) is 24.9 Å². The van der Waals surface area contributed by atoms with E-state index in [4.69, 9.17) is 5.73 Å². The molecule has 2 aromatic heterocycles. The molecular formula is C26H25FN4O2. The van der Waals surface area contributed by atoms with Crippen molar-refractivity contribution in [3.8, 4) is 0 Å². The Morgan fingerprint density at radius 2 is 1.73 bits per heavy atom. The number of carbonyl (C=O) groups is 1. The molecule has 0 atom stereocenters. The predicted molar refractivity (Wildman–Crippen MR) is 125 cm³/mol. The number of nitrogens with zero attached hydrogens (tertiary/aromatic N) is 3. The SMILES string of the molecule is NC(=O)c1c(Cc2ccc(N3CCC(O)(c4ccc(F)cc4)CC3)cc2)nc2ccccn12. The maximum atomic E-state index is 13.2. The van der Waals surface area contributed by atoms with Crippen LogP contribution < -0.4 is 10.6 Å². The molecule has 7 heteroatoms. The lowest BCUT2D eigenvalue weighted by atomic mass is 9.84. The first-order valence-electron chi connectivity index (χ1n) is 11.0. The van der Waals surface area contributed by atoms with Gasteiger partial charge in [0, 0.05) is 31.4 Å². The Hall–Kier alpha value is -3.71. The Bertz CT molecular complexity index is 1290. The molecule has 3 heterocycles. The molecule has 1 amide bonds. The van der Waals surface area contributed by atoms with Crippen LogP contribution >= 0.6 is 0 Å². The summed E-state index contributed by atoms with van der Waals surface area (Å²) in [7, 11) is 0. The highest BCUT2D eigenvalue weighted by Gasteiger charge is 2.34. The van der Waals surface area contributed by atoms with Crippen LogP contribution in [0.4, 0.5) is 10.1 Å². The van der Waals surface area contributed by atoms with Crippen LogP contribution in [0, 0.1) is 5.82 Å². The van der Waals surface area contributed by atoms with E-state index in [1.807, 2.05) is 30.3 Å². The Labute approximate surface area is 191 Å². The van der Waals surface area contributed by atoms with E-state index >= 15 is 0 Å². The minimum absolute atomic E-state index is 0.300. The summed E-state index contributed by atoms with van der Waals surface area (Å²) in [6.07, 6.45) is 3.44. The molecule has 1 fully saturated rings. The minimum atomic E-state index is -0.932. The number of pyridine rings is 1. The number of carbonyl (C=O) groups excluding carboxylic acids is 1. The Morgan fingerprint density at radius 3 is 2.39 bits per heavy atom. The van der Waals surface area contributed by atoms with Gasteiger partial charge in [0.1, 0.15) is 17.2 Å².